The summed E-state index contributed by atoms with van der Waals surface area (Å²) < 4.78 is 12.5. The summed E-state index contributed by atoms with van der Waals surface area (Å²) in [6.45, 7) is 0. The largest absolute Gasteiger partial charge is 0.476 e. The monoisotopic (exact) mass is 243 g/mol. The normalized spacial score (nSPS) is 9.00. The van der Waals surface area contributed by atoms with Gasteiger partial charge in [0.15, 0.2) is 5.69 Å². The number of H-pyrrole nitrogens is 2. The van der Waals surface area contributed by atoms with Crippen molar-refractivity contribution in [2.45, 2.75) is 0 Å². The summed E-state index contributed by atoms with van der Waals surface area (Å²) in [5, 5.41) is 8.25. The molecule has 8 heteroatoms. The molecule has 0 spiro atoms. The molecular formula is C5H3FGaN2O4. The average molecular weight is 244 g/mol. The number of carboxylic acid groups (broad SMARTS) is 1. The second-order valence-corrected chi connectivity index (χ2v) is 1.90. The number of rotatable bonds is 1. The predicted octanol–water partition coefficient (Wildman–Crippen LogP) is -1.48. The zero-order valence-electron chi connectivity index (χ0n) is 6.13. The van der Waals surface area contributed by atoms with E-state index < -0.39 is 28.7 Å². The Morgan fingerprint density at radius 2 is 1.85 bits per heavy atom. The van der Waals surface area contributed by atoms with Crippen LogP contribution in [0.15, 0.2) is 9.59 Å². The summed E-state index contributed by atoms with van der Waals surface area (Å²) in [6.07, 6.45) is 0. The first-order valence-corrected chi connectivity index (χ1v) is 2.77. The van der Waals surface area contributed by atoms with Gasteiger partial charge in [-0.05, 0) is 0 Å². The first kappa shape index (κ1) is 11.7. The molecule has 0 aliphatic heterocycles. The van der Waals surface area contributed by atoms with Crippen molar-refractivity contribution in [2.24, 2.45) is 0 Å². The Hall–Kier alpha value is -1.28. The second-order valence-electron chi connectivity index (χ2n) is 1.90. The van der Waals surface area contributed by atoms with Gasteiger partial charge in [-0.15, -0.1) is 0 Å². The SMILES string of the molecule is O=C(O)c1[nH]c(=O)[nH]c(=O)c1F.[Ga]. The van der Waals surface area contributed by atoms with Crippen LogP contribution in [0.1, 0.15) is 10.5 Å². The molecule has 1 aromatic rings. The smallest absolute Gasteiger partial charge is 0.355 e. The molecule has 67 valence electrons. The van der Waals surface area contributed by atoms with E-state index >= 15 is 0 Å². The van der Waals surface area contributed by atoms with Crippen molar-refractivity contribution < 1.29 is 14.3 Å². The van der Waals surface area contributed by atoms with Crippen LogP contribution in [0.3, 0.4) is 0 Å². The van der Waals surface area contributed by atoms with E-state index in [1.807, 2.05) is 0 Å². The minimum atomic E-state index is -1.70. The number of hydrogen-bond acceptors (Lipinski definition) is 3. The Labute approximate surface area is 82.9 Å². The molecule has 1 rings (SSSR count). The van der Waals surface area contributed by atoms with E-state index in [-0.39, 0.29) is 19.8 Å². The Morgan fingerprint density at radius 1 is 1.31 bits per heavy atom. The molecule has 6 nitrogen and oxygen atoms in total. The van der Waals surface area contributed by atoms with Crippen molar-refractivity contribution in [1.29, 1.82) is 0 Å². The number of nitrogens with one attached hydrogen (secondary N) is 2. The Bertz CT molecular complexity index is 437. The van der Waals surface area contributed by atoms with E-state index in [0.29, 0.717) is 0 Å². The molecule has 0 saturated carbocycles. The third-order valence-electron chi connectivity index (χ3n) is 1.10. The topological polar surface area (TPSA) is 103 Å². The van der Waals surface area contributed by atoms with Gasteiger partial charge in [-0.1, -0.05) is 0 Å². The fourth-order valence-corrected chi connectivity index (χ4v) is 0.619. The molecule has 0 aliphatic carbocycles. The van der Waals surface area contributed by atoms with Crippen LogP contribution in [0.2, 0.25) is 0 Å². The predicted molar refractivity (Wildman–Crippen MR) is 40.4 cm³/mol. The van der Waals surface area contributed by atoms with Crippen LogP contribution in [0.5, 0.6) is 0 Å². The minimum absolute atomic E-state index is 0. The fraction of sp³-hybridized carbons (Fsp3) is 0. The standard InChI is InChI=1S/C5H3FN2O4.Ga/c6-1-2(4(10)11)7-5(12)8-3(1)9;/h(H,10,11)(H2,7,8,9,12);. The Morgan fingerprint density at radius 3 is 2.31 bits per heavy atom. The Balaban J connectivity index is 0.00000144. The summed E-state index contributed by atoms with van der Waals surface area (Å²) in [4.78, 5) is 34.2. The van der Waals surface area contributed by atoms with Gasteiger partial charge in [0.1, 0.15) is 0 Å². The van der Waals surface area contributed by atoms with Gasteiger partial charge in [0.25, 0.3) is 5.56 Å². The summed E-state index contributed by atoms with van der Waals surface area (Å²) >= 11 is 0. The van der Waals surface area contributed by atoms with Crippen LogP contribution in [-0.4, -0.2) is 40.8 Å². The van der Waals surface area contributed by atoms with Gasteiger partial charge < -0.3 is 5.11 Å². The number of halogens is 1. The van der Waals surface area contributed by atoms with Crippen LogP contribution in [0.25, 0.3) is 0 Å². The van der Waals surface area contributed by atoms with Gasteiger partial charge in [-0.3, -0.25) is 14.8 Å². The van der Waals surface area contributed by atoms with E-state index in [2.05, 4.69) is 0 Å². The Kier molecular flexibility index (Phi) is 3.69. The van der Waals surface area contributed by atoms with Crippen molar-refractivity contribution in [3.8, 4) is 0 Å². The van der Waals surface area contributed by atoms with E-state index in [4.69, 9.17) is 5.11 Å². The van der Waals surface area contributed by atoms with Gasteiger partial charge >= 0.3 is 11.7 Å². The van der Waals surface area contributed by atoms with E-state index in [1.165, 1.54) is 4.98 Å². The molecule has 0 saturated heterocycles. The van der Waals surface area contributed by atoms with Crippen LogP contribution in [-0.2, 0) is 0 Å². The number of carbonyl (C=O) groups is 1. The molecule has 0 aliphatic rings. The number of hydrogen-bond donors (Lipinski definition) is 3. The maximum Gasteiger partial charge on any atom is 0.355 e. The zero-order valence-corrected chi connectivity index (χ0v) is 8.55. The zero-order chi connectivity index (χ0) is 9.30. The molecule has 3 N–H and O–H groups in total. The molecular weight excluding hydrogens is 241 g/mol. The second kappa shape index (κ2) is 4.10. The molecule has 0 unspecified atom stereocenters. The third kappa shape index (κ3) is 2.32. The summed E-state index contributed by atoms with van der Waals surface area (Å²) in [5.41, 5.74) is -3.45. The van der Waals surface area contributed by atoms with E-state index in [1.54, 1.807) is 4.98 Å². The van der Waals surface area contributed by atoms with Crippen LogP contribution in [0, 0.1) is 5.82 Å². The quantitative estimate of drug-likeness (QED) is 0.524. The maximum atomic E-state index is 12.5. The van der Waals surface area contributed by atoms with Crippen molar-refractivity contribution in [3.63, 3.8) is 0 Å². The first-order valence-electron chi connectivity index (χ1n) is 2.77. The van der Waals surface area contributed by atoms with Crippen molar-refractivity contribution >= 4 is 25.8 Å². The van der Waals surface area contributed by atoms with Crippen molar-refractivity contribution in [3.05, 3.63) is 32.3 Å². The van der Waals surface area contributed by atoms with Crippen LogP contribution >= 0.6 is 0 Å². The molecule has 0 bridgehead atoms. The molecule has 0 amide bonds. The van der Waals surface area contributed by atoms with Gasteiger partial charge in [0, 0.05) is 19.8 Å². The maximum absolute atomic E-state index is 12.5. The summed E-state index contributed by atoms with van der Waals surface area (Å²) in [5.74, 6) is -3.21. The number of aromatic amines is 2. The minimum Gasteiger partial charge on any atom is -0.476 e. The van der Waals surface area contributed by atoms with Crippen molar-refractivity contribution in [2.75, 3.05) is 0 Å². The van der Waals surface area contributed by atoms with E-state index in [9.17, 15) is 18.8 Å². The number of aromatic carboxylic acids is 1. The van der Waals surface area contributed by atoms with E-state index in [0.717, 1.165) is 0 Å². The number of carboxylic acids is 1. The summed E-state index contributed by atoms with van der Waals surface area (Å²) in [6, 6.07) is 0. The summed E-state index contributed by atoms with van der Waals surface area (Å²) in [7, 11) is 0. The fourth-order valence-electron chi connectivity index (χ4n) is 0.619. The molecule has 3 radical (unpaired) electrons. The van der Waals surface area contributed by atoms with Crippen molar-refractivity contribution in [1.82, 2.24) is 9.97 Å². The third-order valence-corrected chi connectivity index (χ3v) is 1.10. The first-order chi connectivity index (χ1) is 5.52. The van der Waals surface area contributed by atoms with Gasteiger partial charge in [-0.2, -0.15) is 4.39 Å². The van der Waals surface area contributed by atoms with Gasteiger partial charge in [0.05, 0.1) is 0 Å². The molecule has 1 heterocycles. The average Bonchev–Trinajstić information content (AvgIpc) is 1.96. The molecule has 0 fully saturated rings. The molecule has 1 aromatic heterocycles. The molecule has 13 heavy (non-hydrogen) atoms. The number of aromatic nitrogens is 2. The molecule has 0 atom stereocenters. The molecule has 0 aromatic carbocycles. The van der Waals surface area contributed by atoms with Crippen LogP contribution < -0.4 is 11.2 Å². The van der Waals surface area contributed by atoms with Crippen LogP contribution in [0.4, 0.5) is 4.39 Å². The van der Waals surface area contributed by atoms with Gasteiger partial charge in [-0.25, -0.2) is 9.59 Å². The van der Waals surface area contributed by atoms with Gasteiger partial charge in [0.2, 0.25) is 5.82 Å².